The zero-order valence-electron chi connectivity index (χ0n) is 10.0. The van der Waals surface area contributed by atoms with Crippen molar-refractivity contribution >= 4 is 16.7 Å². The van der Waals surface area contributed by atoms with Crippen LogP contribution in [-0.2, 0) is 11.3 Å². The Morgan fingerprint density at radius 3 is 3.17 bits per heavy atom. The molecule has 2 N–H and O–H groups in total. The van der Waals surface area contributed by atoms with Crippen LogP contribution in [0.15, 0.2) is 36.7 Å². The number of rotatable bonds is 3. The minimum absolute atomic E-state index is 0.134. The number of amides is 1. The molecule has 1 atom stereocenters. The predicted octanol–water partition coefficient (Wildman–Crippen LogP) is 1.21. The second-order valence-corrected chi connectivity index (χ2v) is 4.60. The fourth-order valence-electron chi connectivity index (χ4n) is 2.35. The topological polar surface area (TPSA) is 54.0 Å². The van der Waals surface area contributed by atoms with Crippen LogP contribution < -0.4 is 10.6 Å². The molecule has 1 unspecified atom stereocenters. The molecule has 2 heterocycles. The minimum atomic E-state index is 0.134. The first-order valence-electron chi connectivity index (χ1n) is 6.14. The molecule has 1 saturated heterocycles. The van der Waals surface area contributed by atoms with E-state index in [0.717, 1.165) is 18.5 Å². The van der Waals surface area contributed by atoms with Gasteiger partial charge < -0.3 is 10.6 Å². The van der Waals surface area contributed by atoms with Crippen molar-refractivity contribution in [1.82, 2.24) is 15.6 Å². The molecule has 92 valence electrons. The number of nitrogens with one attached hydrogen (secondary N) is 2. The van der Waals surface area contributed by atoms with Gasteiger partial charge in [0.1, 0.15) is 0 Å². The lowest BCUT2D eigenvalue weighted by Crippen LogP contribution is -2.30. The molecule has 0 radical (unpaired) electrons. The van der Waals surface area contributed by atoms with Gasteiger partial charge in [0.15, 0.2) is 0 Å². The SMILES string of the molecule is O=C1CC(NCc2cccc3cnccc23)CN1. The van der Waals surface area contributed by atoms with Crippen molar-refractivity contribution in [2.24, 2.45) is 0 Å². The molecule has 1 aromatic carbocycles. The van der Waals surface area contributed by atoms with Crippen LogP contribution in [0, 0.1) is 0 Å². The molecule has 4 heteroatoms. The average molecular weight is 241 g/mol. The lowest BCUT2D eigenvalue weighted by atomic mass is 10.1. The van der Waals surface area contributed by atoms with E-state index in [9.17, 15) is 4.79 Å². The van der Waals surface area contributed by atoms with E-state index in [-0.39, 0.29) is 11.9 Å². The first kappa shape index (κ1) is 11.2. The van der Waals surface area contributed by atoms with E-state index < -0.39 is 0 Å². The third-order valence-corrected chi connectivity index (χ3v) is 3.33. The van der Waals surface area contributed by atoms with Crippen LogP contribution >= 0.6 is 0 Å². The zero-order chi connectivity index (χ0) is 12.4. The third kappa shape index (κ3) is 2.19. The van der Waals surface area contributed by atoms with Crippen molar-refractivity contribution < 1.29 is 4.79 Å². The summed E-state index contributed by atoms with van der Waals surface area (Å²) in [5.41, 5.74) is 1.24. The highest BCUT2D eigenvalue weighted by Crippen LogP contribution is 2.17. The van der Waals surface area contributed by atoms with Crippen molar-refractivity contribution in [3.8, 4) is 0 Å². The molecule has 0 saturated carbocycles. The van der Waals surface area contributed by atoms with Gasteiger partial charge >= 0.3 is 0 Å². The molecule has 1 aliphatic heterocycles. The monoisotopic (exact) mass is 241 g/mol. The van der Waals surface area contributed by atoms with E-state index in [1.165, 1.54) is 10.9 Å². The number of nitrogens with zero attached hydrogens (tertiary/aromatic N) is 1. The number of hydrogen-bond acceptors (Lipinski definition) is 3. The molecule has 1 aromatic heterocycles. The molecule has 0 spiro atoms. The van der Waals surface area contributed by atoms with Crippen molar-refractivity contribution in [3.05, 3.63) is 42.2 Å². The Hall–Kier alpha value is -1.94. The highest BCUT2D eigenvalue weighted by Gasteiger charge is 2.20. The summed E-state index contributed by atoms with van der Waals surface area (Å²) in [5, 5.41) is 8.62. The molecule has 0 bridgehead atoms. The number of aromatic nitrogens is 1. The van der Waals surface area contributed by atoms with Gasteiger partial charge in [-0.25, -0.2) is 0 Å². The first-order valence-corrected chi connectivity index (χ1v) is 6.14. The maximum absolute atomic E-state index is 11.1. The summed E-state index contributed by atoms with van der Waals surface area (Å²) < 4.78 is 0. The lowest BCUT2D eigenvalue weighted by molar-refractivity contribution is -0.119. The number of fused-ring (bicyclic) bond motifs is 1. The molecule has 0 aliphatic carbocycles. The second-order valence-electron chi connectivity index (χ2n) is 4.60. The smallest absolute Gasteiger partial charge is 0.221 e. The lowest BCUT2D eigenvalue weighted by Gasteiger charge is -2.11. The minimum Gasteiger partial charge on any atom is -0.354 e. The molecule has 1 aliphatic rings. The number of hydrogen-bond donors (Lipinski definition) is 2. The Kier molecular flexibility index (Phi) is 2.94. The van der Waals surface area contributed by atoms with Crippen LogP contribution in [0.3, 0.4) is 0 Å². The number of carbonyl (C=O) groups excluding carboxylic acids is 1. The van der Waals surface area contributed by atoms with Gasteiger partial charge in [-0.1, -0.05) is 18.2 Å². The van der Waals surface area contributed by atoms with Gasteiger partial charge in [-0.2, -0.15) is 0 Å². The van der Waals surface area contributed by atoms with E-state index >= 15 is 0 Å². The summed E-state index contributed by atoms with van der Waals surface area (Å²) in [7, 11) is 0. The van der Waals surface area contributed by atoms with E-state index in [4.69, 9.17) is 0 Å². The van der Waals surface area contributed by atoms with Crippen LogP contribution in [0.5, 0.6) is 0 Å². The Balaban J connectivity index is 1.76. The van der Waals surface area contributed by atoms with Gasteiger partial charge in [0.05, 0.1) is 0 Å². The molecule has 1 fully saturated rings. The van der Waals surface area contributed by atoms with Gasteiger partial charge in [-0.15, -0.1) is 0 Å². The molecular weight excluding hydrogens is 226 g/mol. The Morgan fingerprint density at radius 2 is 2.33 bits per heavy atom. The fourth-order valence-corrected chi connectivity index (χ4v) is 2.35. The number of pyridine rings is 1. The molecule has 1 amide bonds. The summed E-state index contributed by atoms with van der Waals surface area (Å²) in [4.78, 5) is 15.2. The molecule has 18 heavy (non-hydrogen) atoms. The maximum atomic E-state index is 11.1. The van der Waals surface area contributed by atoms with Crippen molar-refractivity contribution in [3.63, 3.8) is 0 Å². The Bertz CT molecular complexity index is 577. The summed E-state index contributed by atoms with van der Waals surface area (Å²) in [6, 6.07) is 8.49. The van der Waals surface area contributed by atoms with Gasteiger partial charge in [-0.3, -0.25) is 9.78 Å². The Morgan fingerprint density at radius 1 is 1.39 bits per heavy atom. The van der Waals surface area contributed by atoms with Crippen LogP contribution in [-0.4, -0.2) is 23.5 Å². The number of carbonyl (C=O) groups is 1. The fraction of sp³-hybridized carbons (Fsp3) is 0.286. The summed E-state index contributed by atoms with van der Waals surface area (Å²) in [6.07, 6.45) is 4.26. The van der Waals surface area contributed by atoms with Gasteiger partial charge in [-0.05, 0) is 17.0 Å². The van der Waals surface area contributed by atoms with Crippen molar-refractivity contribution in [2.45, 2.75) is 19.0 Å². The molecule has 2 aromatic rings. The summed E-state index contributed by atoms with van der Waals surface area (Å²) in [6.45, 7) is 1.51. The molecular formula is C14H15N3O. The molecule has 3 rings (SSSR count). The van der Waals surface area contributed by atoms with Crippen LogP contribution in [0.4, 0.5) is 0 Å². The van der Waals surface area contributed by atoms with Crippen molar-refractivity contribution in [2.75, 3.05) is 6.54 Å². The predicted molar refractivity (Wildman–Crippen MR) is 70.0 cm³/mol. The average Bonchev–Trinajstić information content (AvgIpc) is 2.82. The normalized spacial score (nSPS) is 19.1. The first-order chi connectivity index (χ1) is 8.83. The van der Waals surface area contributed by atoms with Gasteiger partial charge in [0.25, 0.3) is 0 Å². The van der Waals surface area contributed by atoms with Crippen molar-refractivity contribution in [1.29, 1.82) is 0 Å². The molecule has 4 nitrogen and oxygen atoms in total. The Labute approximate surface area is 105 Å². The van der Waals surface area contributed by atoms with Gasteiger partial charge in [0.2, 0.25) is 5.91 Å². The summed E-state index contributed by atoms with van der Waals surface area (Å²) in [5.74, 6) is 0.134. The summed E-state index contributed by atoms with van der Waals surface area (Å²) >= 11 is 0. The van der Waals surface area contributed by atoms with E-state index in [1.54, 1.807) is 0 Å². The maximum Gasteiger partial charge on any atom is 0.221 e. The van der Waals surface area contributed by atoms with E-state index in [0.29, 0.717) is 6.42 Å². The third-order valence-electron chi connectivity index (χ3n) is 3.33. The van der Waals surface area contributed by atoms with E-state index in [2.05, 4.69) is 27.8 Å². The van der Waals surface area contributed by atoms with Gasteiger partial charge in [0, 0.05) is 43.3 Å². The highest BCUT2D eigenvalue weighted by molar-refractivity contribution is 5.84. The zero-order valence-corrected chi connectivity index (χ0v) is 10.0. The number of benzene rings is 1. The highest BCUT2D eigenvalue weighted by atomic mass is 16.1. The standard InChI is InChI=1S/C14H15N3O/c18-14-6-12(9-17-14)16-8-11-3-1-2-10-7-15-5-4-13(10)11/h1-5,7,12,16H,6,8-9H2,(H,17,18). The van der Waals surface area contributed by atoms with E-state index in [1.807, 2.05) is 24.5 Å². The largest absolute Gasteiger partial charge is 0.354 e. The van der Waals surface area contributed by atoms with Crippen LogP contribution in [0.25, 0.3) is 10.8 Å². The second kappa shape index (κ2) is 4.74. The quantitative estimate of drug-likeness (QED) is 0.849. The van der Waals surface area contributed by atoms with Crippen LogP contribution in [0.2, 0.25) is 0 Å². The van der Waals surface area contributed by atoms with Crippen LogP contribution in [0.1, 0.15) is 12.0 Å².